The number of benzene rings is 1. The monoisotopic (exact) mass is 311 g/mol. The maximum Gasteiger partial charge on any atom is 0.226 e. The average Bonchev–Trinajstić information content (AvgIpc) is 2.48. The van der Waals surface area contributed by atoms with Crippen molar-refractivity contribution in [1.82, 2.24) is 10.3 Å². The summed E-state index contributed by atoms with van der Waals surface area (Å²) in [5.41, 5.74) is 8.19. The third-order valence-corrected chi connectivity index (χ3v) is 3.54. The minimum absolute atomic E-state index is 0.00233. The van der Waals surface area contributed by atoms with Crippen molar-refractivity contribution in [3.05, 3.63) is 59.9 Å². The Hall–Kier alpha value is -2.36. The second-order valence-electron chi connectivity index (χ2n) is 7.06. The molecule has 0 aliphatic heterocycles. The van der Waals surface area contributed by atoms with Crippen LogP contribution in [0, 0.1) is 5.41 Å². The van der Waals surface area contributed by atoms with E-state index in [4.69, 9.17) is 5.73 Å². The number of nitrogens with one attached hydrogen (secondary N) is 1. The van der Waals surface area contributed by atoms with E-state index in [2.05, 4.69) is 43.2 Å². The first-order chi connectivity index (χ1) is 10.8. The van der Waals surface area contributed by atoms with E-state index in [-0.39, 0.29) is 23.8 Å². The molecule has 1 aromatic carbocycles. The van der Waals surface area contributed by atoms with Crippen molar-refractivity contribution in [3.8, 4) is 0 Å². The molecule has 0 bridgehead atoms. The highest BCUT2D eigenvalue weighted by atomic mass is 16.1. The quantitative estimate of drug-likeness (QED) is 0.888. The second kappa shape index (κ2) is 7.27. The van der Waals surface area contributed by atoms with Gasteiger partial charge in [0.25, 0.3) is 0 Å². The lowest BCUT2D eigenvalue weighted by Gasteiger charge is -2.27. The van der Waals surface area contributed by atoms with Gasteiger partial charge in [-0.1, -0.05) is 51.1 Å². The van der Waals surface area contributed by atoms with Crippen LogP contribution in [0.5, 0.6) is 0 Å². The number of amides is 1. The van der Waals surface area contributed by atoms with Gasteiger partial charge in [-0.3, -0.25) is 9.78 Å². The van der Waals surface area contributed by atoms with Gasteiger partial charge in [0.05, 0.1) is 24.3 Å². The molecule has 3 N–H and O–H groups in total. The highest BCUT2D eigenvalue weighted by Crippen LogP contribution is 2.29. The number of nitrogen functional groups attached to an aromatic ring is 1. The Bertz CT molecular complexity index is 630. The molecule has 0 aliphatic rings. The van der Waals surface area contributed by atoms with Gasteiger partial charge in [-0.2, -0.15) is 0 Å². The molecule has 0 saturated heterocycles. The number of carbonyl (C=O) groups is 1. The molecular weight excluding hydrogens is 286 g/mol. The number of hydrogen-bond acceptors (Lipinski definition) is 3. The van der Waals surface area contributed by atoms with Crippen LogP contribution in [-0.4, -0.2) is 10.9 Å². The fourth-order valence-electron chi connectivity index (χ4n) is 2.50. The van der Waals surface area contributed by atoms with E-state index in [1.807, 2.05) is 18.2 Å². The molecule has 4 nitrogen and oxygen atoms in total. The molecule has 122 valence electrons. The molecule has 0 aliphatic carbocycles. The van der Waals surface area contributed by atoms with Crippen molar-refractivity contribution in [1.29, 1.82) is 0 Å². The number of anilines is 1. The van der Waals surface area contributed by atoms with Crippen molar-refractivity contribution in [2.45, 2.75) is 39.7 Å². The lowest BCUT2D eigenvalue weighted by atomic mass is 9.85. The van der Waals surface area contributed by atoms with Gasteiger partial charge in [0.2, 0.25) is 5.91 Å². The minimum atomic E-state index is -0.0274. The number of aromatic nitrogens is 1. The standard InChI is InChI=1S/C19H25N3O/c1-19(2,3)12-17(14-7-5-4-6-8-14)22-18(23)11-16-10-9-15(20)13-21-16/h4-10,13,17H,11-12,20H2,1-3H3,(H,22,23). The van der Waals surface area contributed by atoms with Crippen LogP contribution < -0.4 is 11.1 Å². The summed E-state index contributed by atoms with van der Waals surface area (Å²) in [4.78, 5) is 16.6. The van der Waals surface area contributed by atoms with E-state index in [1.54, 1.807) is 18.3 Å². The van der Waals surface area contributed by atoms with Crippen molar-refractivity contribution in [3.63, 3.8) is 0 Å². The summed E-state index contributed by atoms with van der Waals surface area (Å²) < 4.78 is 0. The van der Waals surface area contributed by atoms with Crippen LogP contribution in [-0.2, 0) is 11.2 Å². The fraction of sp³-hybridized carbons (Fsp3) is 0.368. The summed E-state index contributed by atoms with van der Waals surface area (Å²) in [6.07, 6.45) is 2.71. The summed E-state index contributed by atoms with van der Waals surface area (Å²) in [6, 6.07) is 13.6. The molecule has 0 radical (unpaired) electrons. The zero-order chi connectivity index (χ0) is 16.9. The molecule has 2 rings (SSSR count). The highest BCUT2D eigenvalue weighted by molar-refractivity contribution is 5.78. The Kier molecular flexibility index (Phi) is 5.37. The summed E-state index contributed by atoms with van der Waals surface area (Å²) in [7, 11) is 0. The SMILES string of the molecule is CC(C)(C)CC(NC(=O)Cc1ccc(N)cn1)c1ccccc1. The Balaban J connectivity index is 2.07. The topological polar surface area (TPSA) is 68.0 Å². The summed E-state index contributed by atoms with van der Waals surface area (Å²) in [5, 5.41) is 3.14. The Labute approximate surface area is 138 Å². The van der Waals surface area contributed by atoms with Gasteiger partial charge in [0.1, 0.15) is 0 Å². The van der Waals surface area contributed by atoms with E-state index in [0.717, 1.165) is 17.7 Å². The Morgan fingerprint density at radius 1 is 1.17 bits per heavy atom. The molecule has 2 aromatic rings. The maximum atomic E-state index is 12.4. The number of nitrogens with zero attached hydrogens (tertiary/aromatic N) is 1. The first-order valence-corrected chi connectivity index (χ1v) is 7.88. The first kappa shape index (κ1) is 17.0. The third kappa shape index (κ3) is 5.74. The van der Waals surface area contributed by atoms with Crippen LogP contribution in [0.2, 0.25) is 0 Å². The number of nitrogens with two attached hydrogens (primary N) is 1. The minimum Gasteiger partial charge on any atom is -0.397 e. The fourth-order valence-corrected chi connectivity index (χ4v) is 2.50. The van der Waals surface area contributed by atoms with Gasteiger partial charge in [-0.15, -0.1) is 0 Å². The molecule has 0 fully saturated rings. The second-order valence-corrected chi connectivity index (χ2v) is 7.06. The van der Waals surface area contributed by atoms with Gasteiger partial charge in [-0.05, 0) is 29.5 Å². The highest BCUT2D eigenvalue weighted by Gasteiger charge is 2.22. The zero-order valence-corrected chi connectivity index (χ0v) is 14.0. The van der Waals surface area contributed by atoms with E-state index in [1.165, 1.54) is 0 Å². The maximum absolute atomic E-state index is 12.4. The summed E-state index contributed by atoms with van der Waals surface area (Å²) in [5.74, 6) is -0.0274. The lowest BCUT2D eigenvalue weighted by Crippen LogP contribution is -2.32. The van der Waals surface area contributed by atoms with Crippen molar-refractivity contribution < 1.29 is 4.79 Å². The number of hydrogen-bond donors (Lipinski definition) is 2. The molecule has 0 saturated carbocycles. The zero-order valence-electron chi connectivity index (χ0n) is 14.0. The molecule has 1 aromatic heterocycles. The number of rotatable bonds is 5. The Morgan fingerprint density at radius 3 is 2.43 bits per heavy atom. The summed E-state index contributed by atoms with van der Waals surface area (Å²) in [6.45, 7) is 6.53. The van der Waals surface area contributed by atoms with Crippen LogP contribution in [0.3, 0.4) is 0 Å². The van der Waals surface area contributed by atoms with Gasteiger partial charge in [0.15, 0.2) is 0 Å². The molecule has 1 atom stereocenters. The predicted molar refractivity (Wildman–Crippen MR) is 93.8 cm³/mol. The van der Waals surface area contributed by atoms with Crippen LogP contribution in [0.4, 0.5) is 5.69 Å². The van der Waals surface area contributed by atoms with Crippen molar-refractivity contribution in [2.75, 3.05) is 5.73 Å². The molecular formula is C19H25N3O. The molecule has 1 amide bonds. The molecule has 0 spiro atoms. The first-order valence-electron chi connectivity index (χ1n) is 7.88. The van der Waals surface area contributed by atoms with Crippen LogP contribution >= 0.6 is 0 Å². The van der Waals surface area contributed by atoms with E-state index >= 15 is 0 Å². The number of pyridine rings is 1. The normalized spacial score (nSPS) is 12.7. The van der Waals surface area contributed by atoms with Gasteiger partial charge in [-0.25, -0.2) is 0 Å². The van der Waals surface area contributed by atoms with Crippen LogP contribution in [0.25, 0.3) is 0 Å². The summed E-state index contributed by atoms with van der Waals surface area (Å²) >= 11 is 0. The average molecular weight is 311 g/mol. The molecule has 1 unspecified atom stereocenters. The van der Waals surface area contributed by atoms with Gasteiger partial charge >= 0.3 is 0 Å². The molecule has 4 heteroatoms. The van der Waals surface area contributed by atoms with Gasteiger partial charge in [0, 0.05) is 5.69 Å². The van der Waals surface area contributed by atoms with E-state index in [9.17, 15) is 4.79 Å². The lowest BCUT2D eigenvalue weighted by molar-refractivity contribution is -0.121. The molecule has 23 heavy (non-hydrogen) atoms. The van der Waals surface area contributed by atoms with Crippen molar-refractivity contribution >= 4 is 11.6 Å². The van der Waals surface area contributed by atoms with Crippen molar-refractivity contribution in [2.24, 2.45) is 5.41 Å². The largest absolute Gasteiger partial charge is 0.397 e. The number of carbonyl (C=O) groups excluding carboxylic acids is 1. The predicted octanol–water partition coefficient (Wildman–Crippen LogP) is 3.50. The van der Waals surface area contributed by atoms with E-state index in [0.29, 0.717) is 5.69 Å². The Morgan fingerprint density at radius 2 is 1.87 bits per heavy atom. The smallest absolute Gasteiger partial charge is 0.226 e. The third-order valence-electron chi connectivity index (χ3n) is 3.54. The molecule has 1 heterocycles. The van der Waals surface area contributed by atoms with Crippen LogP contribution in [0.15, 0.2) is 48.7 Å². The van der Waals surface area contributed by atoms with E-state index < -0.39 is 0 Å². The van der Waals surface area contributed by atoms with Gasteiger partial charge < -0.3 is 11.1 Å². The van der Waals surface area contributed by atoms with Crippen LogP contribution in [0.1, 0.15) is 44.5 Å².